The molecule has 6 nitrogen and oxygen atoms in total. The second-order valence-corrected chi connectivity index (χ2v) is 4.11. The Morgan fingerprint density at radius 2 is 2.31 bits per heavy atom. The first-order valence-electron chi connectivity index (χ1n) is 5.28. The smallest absolute Gasteiger partial charge is 0.323 e. The molecule has 0 spiro atoms. The summed E-state index contributed by atoms with van der Waals surface area (Å²) in [6, 6.07) is 0.0297. The number of carbonyl (C=O) groups is 1. The number of aromatic amines is 2. The molecule has 2 rings (SSSR count). The normalized spacial score (nSPS) is 25.8. The number of H-pyrrole nitrogens is 2. The first-order valence-corrected chi connectivity index (χ1v) is 5.28. The minimum atomic E-state index is -0.364. The van der Waals surface area contributed by atoms with E-state index in [0.29, 0.717) is 18.8 Å². The Labute approximate surface area is 92.6 Å². The van der Waals surface area contributed by atoms with E-state index in [4.69, 9.17) is 4.74 Å². The van der Waals surface area contributed by atoms with E-state index in [1.165, 1.54) is 6.20 Å². The summed E-state index contributed by atoms with van der Waals surface area (Å²) in [6.07, 6.45) is 1.43. The lowest BCUT2D eigenvalue weighted by Gasteiger charge is -2.36. The highest BCUT2D eigenvalue weighted by Crippen LogP contribution is 2.13. The highest BCUT2D eigenvalue weighted by atomic mass is 16.5. The monoisotopic (exact) mass is 225 g/mol. The van der Waals surface area contributed by atoms with Crippen molar-refractivity contribution in [2.75, 3.05) is 13.2 Å². The summed E-state index contributed by atoms with van der Waals surface area (Å²) in [5.41, 5.74) is -0.0664. The Morgan fingerprint density at radius 1 is 1.56 bits per heavy atom. The Hall–Kier alpha value is -1.56. The number of aromatic nitrogens is 2. The molecule has 6 heteroatoms. The largest absolute Gasteiger partial charge is 0.375 e. The molecule has 1 aliphatic rings. The van der Waals surface area contributed by atoms with Crippen molar-refractivity contribution in [1.29, 1.82) is 0 Å². The first-order chi connectivity index (χ1) is 7.58. The highest BCUT2D eigenvalue weighted by Gasteiger charge is 2.28. The van der Waals surface area contributed by atoms with Gasteiger partial charge in [0.05, 0.1) is 18.8 Å². The molecule has 1 aliphatic heterocycles. The van der Waals surface area contributed by atoms with Crippen molar-refractivity contribution >= 4 is 5.91 Å². The maximum absolute atomic E-state index is 12.0. The average molecular weight is 225 g/mol. The molecule has 1 amide bonds. The molecule has 2 heterocycles. The van der Waals surface area contributed by atoms with Gasteiger partial charge >= 0.3 is 5.69 Å². The first kappa shape index (κ1) is 10.9. The number of nitrogens with zero attached hydrogens (tertiary/aromatic N) is 1. The number of hydrogen-bond donors (Lipinski definition) is 2. The second-order valence-electron chi connectivity index (χ2n) is 4.11. The molecule has 0 radical (unpaired) electrons. The highest BCUT2D eigenvalue weighted by molar-refractivity contribution is 5.92. The van der Waals surface area contributed by atoms with Gasteiger partial charge in [0.2, 0.25) is 0 Å². The van der Waals surface area contributed by atoms with E-state index in [0.717, 1.165) is 0 Å². The number of hydrogen-bond acceptors (Lipinski definition) is 3. The van der Waals surface area contributed by atoms with Gasteiger partial charge < -0.3 is 19.6 Å². The van der Waals surface area contributed by atoms with Crippen LogP contribution in [0.5, 0.6) is 0 Å². The number of ether oxygens (including phenoxy) is 1. The minimum Gasteiger partial charge on any atom is -0.375 e. The van der Waals surface area contributed by atoms with E-state index in [1.54, 1.807) is 4.90 Å². The molecular weight excluding hydrogens is 210 g/mol. The molecule has 0 aromatic carbocycles. The van der Waals surface area contributed by atoms with E-state index >= 15 is 0 Å². The summed E-state index contributed by atoms with van der Waals surface area (Å²) in [6.45, 7) is 4.93. The van der Waals surface area contributed by atoms with Gasteiger partial charge in [-0.05, 0) is 13.8 Å². The third-order valence-electron chi connectivity index (χ3n) is 2.69. The van der Waals surface area contributed by atoms with Crippen molar-refractivity contribution in [3.8, 4) is 0 Å². The quantitative estimate of drug-likeness (QED) is 0.703. The lowest BCUT2D eigenvalue weighted by molar-refractivity contribution is -0.0388. The lowest BCUT2D eigenvalue weighted by atomic mass is 10.2. The zero-order valence-corrected chi connectivity index (χ0v) is 9.32. The van der Waals surface area contributed by atoms with Crippen molar-refractivity contribution < 1.29 is 9.53 Å². The van der Waals surface area contributed by atoms with Crippen molar-refractivity contribution in [3.05, 3.63) is 22.4 Å². The number of imidazole rings is 1. The molecule has 1 saturated heterocycles. The van der Waals surface area contributed by atoms with Gasteiger partial charge in [-0.3, -0.25) is 4.79 Å². The summed E-state index contributed by atoms with van der Waals surface area (Å²) < 4.78 is 5.44. The van der Waals surface area contributed by atoms with E-state index in [2.05, 4.69) is 9.97 Å². The third kappa shape index (κ3) is 2.01. The van der Waals surface area contributed by atoms with Crippen LogP contribution in [0.4, 0.5) is 0 Å². The van der Waals surface area contributed by atoms with Crippen molar-refractivity contribution in [2.24, 2.45) is 0 Å². The van der Waals surface area contributed by atoms with Gasteiger partial charge in [0.15, 0.2) is 0 Å². The predicted octanol–water partition coefficient (Wildman–Crippen LogP) is -0.0476. The molecule has 0 saturated carbocycles. The lowest BCUT2D eigenvalue weighted by Crippen LogP contribution is -2.50. The summed E-state index contributed by atoms with van der Waals surface area (Å²) in [5, 5.41) is 0. The molecular formula is C10H15N3O3. The van der Waals surface area contributed by atoms with Crippen LogP contribution in [0.3, 0.4) is 0 Å². The van der Waals surface area contributed by atoms with Gasteiger partial charge in [0.1, 0.15) is 5.69 Å². The minimum absolute atomic E-state index is 0.0297. The van der Waals surface area contributed by atoms with Gasteiger partial charge in [-0.15, -0.1) is 0 Å². The molecule has 1 fully saturated rings. The Balaban J connectivity index is 2.17. The molecule has 88 valence electrons. The fraction of sp³-hybridized carbons (Fsp3) is 0.600. The zero-order valence-electron chi connectivity index (χ0n) is 9.32. The molecule has 0 bridgehead atoms. The maximum Gasteiger partial charge on any atom is 0.323 e. The van der Waals surface area contributed by atoms with Crippen LogP contribution in [0.2, 0.25) is 0 Å². The molecule has 0 unspecified atom stereocenters. The van der Waals surface area contributed by atoms with Crippen LogP contribution in [-0.4, -0.2) is 46.1 Å². The maximum atomic E-state index is 12.0. The SMILES string of the molecule is C[C@@H]1CN(C(=O)c2c[nH]c(=O)[nH]2)[C@@H](C)CO1. The summed E-state index contributed by atoms with van der Waals surface area (Å²) in [7, 11) is 0. The predicted molar refractivity (Wildman–Crippen MR) is 57.3 cm³/mol. The fourth-order valence-corrected chi connectivity index (χ4v) is 1.79. The number of carbonyl (C=O) groups excluding carboxylic acids is 1. The third-order valence-corrected chi connectivity index (χ3v) is 2.69. The number of amides is 1. The van der Waals surface area contributed by atoms with Crippen LogP contribution in [0.15, 0.2) is 11.0 Å². The van der Waals surface area contributed by atoms with Crippen molar-refractivity contribution in [3.63, 3.8) is 0 Å². The average Bonchev–Trinajstić information content (AvgIpc) is 2.67. The van der Waals surface area contributed by atoms with Gasteiger partial charge in [-0.25, -0.2) is 4.79 Å². The summed E-state index contributed by atoms with van der Waals surface area (Å²) in [5.74, 6) is -0.166. The fourth-order valence-electron chi connectivity index (χ4n) is 1.79. The molecule has 1 aromatic rings. The van der Waals surface area contributed by atoms with Gasteiger partial charge in [0, 0.05) is 12.7 Å². The topological polar surface area (TPSA) is 78.2 Å². The molecule has 2 atom stereocenters. The Kier molecular flexibility index (Phi) is 2.82. The standard InChI is InChI=1S/C10H15N3O3/c1-6-5-16-7(2)4-13(6)9(14)8-3-11-10(15)12-8/h3,6-7H,4-5H2,1-2H3,(H2,11,12,15)/t6-,7+/m0/s1. The summed E-state index contributed by atoms with van der Waals surface area (Å²) in [4.78, 5) is 29.6. The molecule has 2 N–H and O–H groups in total. The molecule has 0 aliphatic carbocycles. The second kappa shape index (κ2) is 4.13. The Bertz CT molecular complexity index is 437. The van der Waals surface area contributed by atoms with Gasteiger partial charge in [0.25, 0.3) is 5.91 Å². The van der Waals surface area contributed by atoms with E-state index in [-0.39, 0.29) is 23.7 Å². The van der Waals surface area contributed by atoms with Gasteiger partial charge in [-0.1, -0.05) is 0 Å². The molecule has 16 heavy (non-hydrogen) atoms. The van der Waals surface area contributed by atoms with Crippen molar-refractivity contribution in [2.45, 2.75) is 26.0 Å². The van der Waals surface area contributed by atoms with Crippen LogP contribution >= 0.6 is 0 Å². The van der Waals surface area contributed by atoms with Crippen LogP contribution < -0.4 is 5.69 Å². The van der Waals surface area contributed by atoms with Crippen LogP contribution in [0.25, 0.3) is 0 Å². The zero-order chi connectivity index (χ0) is 11.7. The van der Waals surface area contributed by atoms with Crippen LogP contribution in [-0.2, 0) is 4.74 Å². The number of rotatable bonds is 1. The van der Waals surface area contributed by atoms with Crippen LogP contribution in [0, 0.1) is 0 Å². The van der Waals surface area contributed by atoms with E-state index in [9.17, 15) is 9.59 Å². The Morgan fingerprint density at radius 3 is 2.94 bits per heavy atom. The summed E-state index contributed by atoms with van der Waals surface area (Å²) >= 11 is 0. The van der Waals surface area contributed by atoms with Gasteiger partial charge in [-0.2, -0.15) is 0 Å². The van der Waals surface area contributed by atoms with Crippen LogP contribution in [0.1, 0.15) is 24.3 Å². The van der Waals surface area contributed by atoms with Crippen molar-refractivity contribution in [1.82, 2.24) is 14.9 Å². The number of morpholine rings is 1. The molecule has 1 aromatic heterocycles. The number of nitrogens with one attached hydrogen (secondary N) is 2. The van der Waals surface area contributed by atoms with E-state index < -0.39 is 0 Å². The van der Waals surface area contributed by atoms with E-state index in [1.807, 2.05) is 13.8 Å².